The van der Waals surface area contributed by atoms with Crippen molar-refractivity contribution in [2.45, 2.75) is 19.8 Å². The predicted molar refractivity (Wildman–Crippen MR) is 76.8 cm³/mol. The van der Waals surface area contributed by atoms with Crippen molar-refractivity contribution in [1.29, 1.82) is 0 Å². The highest BCUT2D eigenvalue weighted by Crippen LogP contribution is 2.29. The molecular weight excluding hydrogens is 256 g/mol. The monoisotopic (exact) mass is 272 g/mol. The van der Waals surface area contributed by atoms with Gasteiger partial charge in [-0.2, -0.15) is 0 Å². The molecule has 2 heterocycles. The minimum Gasteiger partial charge on any atom is -0.356 e. The molecule has 1 aliphatic rings. The van der Waals surface area contributed by atoms with Gasteiger partial charge in [-0.05, 0) is 24.8 Å². The first-order valence-corrected chi connectivity index (χ1v) is 6.79. The number of nitrogens with zero attached hydrogens (tertiary/aromatic N) is 4. The summed E-state index contributed by atoms with van der Waals surface area (Å²) in [5, 5.41) is 11.7. The van der Waals surface area contributed by atoms with E-state index < -0.39 is 0 Å². The Balaban J connectivity index is 2.09. The van der Waals surface area contributed by atoms with Crippen LogP contribution < -0.4 is 4.90 Å². The van der Waals surface area contributed by atoms with Crippen LogP contribution in [0.4, 0.5) is 11.5 Å². The maximum absolute atomic E-state index is 10.9. The van der Waals surface area contributed by atoms with Crippen molar-refractivity contribution in [1.82, 2.24) is 9.97 Å². The predicted octanol–water partition coefficient (Wildman–Crippen LogP) is 2.77. The zero-order chi connectivity index (χ0) is 14.1. The van der Waals surface area contributed by atoms with Crippen LogP contribution in [0.3, 0.4) is 0 Å². The lowest BCUT2D eigenvalue weighted by molar-refractivity contribution is -0.384. The summed E-state index contributed by atoms with van der Waals surface area (Å²) in [5.41, 5.74) is 0.831. The molecule has 1 fully saturated rings. The molecule has 0 radical (unpaired) electrons. The van der Waals surface area contributed by atoms with Crippen molar-refractivity contribution >= 4 is 22.4 Å². The van der Waals surface area contributed by atoms with Crippen LogP contribution in [0.25, 0.3) is 10.9 Å². The number of anilines is 1. The summed E-state index contributed by atoms with van der Waals surface area (Å²) in [5.74, 6) is 1.43. The average molecular weight is 272 g/mol. The maximum atomic E-state index is 10.9. The zero-order valence-corrected chi connectivity index (χ0v) is 11.3. The summed E-state index contributed by atoms with van der Waals surface area (Å²) in [6, 6.07) is 4.74. The summed E-state index contributed by atoms with van der Waals surface area (Å²) in [4.78, 5) is 21.3. The van der Waals surface area contributed by atoms with Crippen LogP contribution in [0, 0.1) is 16.0 Å². The number of nitro benzene ring substituents is 1. The Kier molecular flexibility index (Phi) is 3.22. The molecule has 0 aliphatic carbocycles. The summed E-state index contributed by atoms with van der Waals surface area (Å²) in [6.07, 6.45) is 3.88. The van der Waals surface area contributed by atoms with Gasteiger partial charge in [-0.15, -0.1) is 0 Å². The highest BCUT2D eigenvalue weighted by atomic mass is 16.6. The van der Waals surface area contributed by atoms with Crippen molar-refractivity contribution in [3.63, 3.8) is 0 Å². The third-order valence-electron chi connectivity index (χ3n) is 3.77. The Morgan fingerprint density at radius 2 is 2.25 bits per heavy atom. The molecule has 104 valence electrons. The Morgan fingerprint density at radius 3 is 3.00 bits per heavy atom. The topological polar surface area (TPSA) is 72.2 Å². The molecular formula is C14H16N4O2. The Morgan fingerprint density at radius 1 is 1.40 bits per heavy atom. The summed E-state index contributed by atoms with van der Waals surface area (Å²) >= 11 is 0. The molecule has 1 atom stereocenters. The summed E-state index contributed by atoms with van der Waals surface area (Å²) in [6.45, 7) is 4.10. The van der Waals surface area contributed by atoms with E-state index >= 15 is 0 Å². The molecule has 0 bridgehead atoms. The van der Waals surface area contributed by atoms with E-state index in [9.17, 15) is 10.1 Å². The van der Waals surface area contributed by atoms with E-state index in [4.69, 9.17) is 0 Å². The fraction of sp³-hybridized carbons (Fsp3) is 0.429. The molecule has 0 unspecified atom stereocenters. The highest BCUT2D eigenvalue weighted by Gasteiger charge is 2.20. The number of fused-ring (bicyclic) bond motifs is 1. The van der Waals surface area contributed by atoms with Gasteiger partial charge < -0.3 is 4.90 Å². The van der Waals surface area contributed by atoms with Gasteiger partial charge in [0.2, 0.25) is 0 Å². The van der Waals surface area contributed by atoms with Gasteiger partial charge in [-0.3, -0.25) is 10.1 Å². The van der Waals surface area contributed by atoms with Crippen LogP contribution in [0.5, 0.6) is 0 Å². The van der Waals surface area contributed by atoms with Crippen molar-refractivity contribution in [3.05, 3.63) is 34.6 Å². The lowest BCUT2D eigenvalue weighted by Gasteiger charge is -2.32. The van der Waals surface area contributed by atoms with Gasteiger partial charge in [0.15, 0.2) is 0 Å². The highest BCUT2D eigenvalue weighted by molar-refractivity contribution is 5.91. The molecule has 1 saturated heterocycles. The van der Waals surface area contributed by atoms with E-state index in [0.29, 0.717) is 5.92 Å². The lowest BCUT2D eigenvalue weighted by Crippen LogP contribution is -2.34. The molecule has 0 spiro atoms. The van der Waals surface area contributed by atoms with E-state index in [0.717, 1.165) is 36.2 Å². The van der Waals surface area contributed by atoms with E-state index in [1.165, 1.54) is 18.8 Å². The van der Waals surface area contributed by atoms with Crippen LogP contribution in [0.15, 0.2) is 24.5 Å². The first-order chi connectivity index (χ1) is 9.65. The van der Waals surface area contributed by atoms with Gasteiger partial charge in [0.05, 0.1) is 10.4 Å². The number of piperidine rings is 1. The molecule has 2 aromatic rings. The molecule has 0 saturated carbocycles. The van der Waals surface area contributed by atoms with Crippen LogP contribution in [0.2, 0.25) is 0 Å². The van der Waals surface area contributed by atoms with Gasteiger partial charge in [0.1, 0.15) is 12.1 Å². The zero-order valence-electron chi connectivity index (χ0n) is 11.3. The van der Waals surface area contributed by atoms with Crippen LogP contribution in [-0.4, -0.2) is 28.0 Å². The molecule has 0 N–H and O–H groups in total. The van der Waals surface area contributed by atoms with E-state index in [1.807, 2.05) is 0 Å². The molecule has 1 aromatic heterocycles. The smallest absolute Gasteiger partial charge is 0.270 e. The molecule has 6 nitrogen and oxygen atoms in total. The van der Waals surface area contributed by atoms with Gasteiger partial charge in [-0.1, -0.05) is 6.92 Å². The molecule has 0 amide bonds. The van der Waals surface area contributed by atoms with Crippen molar-refractivity contribution in [2.75, 3.05) is 18.0 Å². The normalized spacial score (nSPS) is 19.2. The molecule has 6 heteroatoms. The minimum absolute atomic E-state index is 0.0820. The maximum Gasteiger partial charge on any atom is 0.270 e. The fourth-order valence-electron chi connectivity index (χ4n) is 2.78. The SMILES string of the molecule is C[C@H]1CCCN(c2ncnc3ccc([N+](=O)[O-])cc23)C1. The number of aromatic nitrogens is 2. The first-order valence-electron chi connectivity index (χ1n) is 6.79. The Labute approximate surface area is 116 Å². The first kappa shape index (κ1) is 12.8. The Bertz CT molecular complexity index is 659. The van der Waals surface area contributed by atoms with Crippen LogP contribution >= 0.6 is 0 Å². The number of benzene rings is 1. The van der Waals surface area contributed by atoms with Crippen molar-refractivity contribution < 1.29 is 4.92 Å². The van der Waals surface area contributed by atoms with Crippen molar-refractivity contribution in [2.24, 2.45) is 5.92 Å². The fourth-order valence-corrected chi connectivity index (χ4v) is 2.78. The van der Waals surface area contributed by atoms with E-state index in [-0.39, 0.29) is 10.6 Å². The van der Waals surface area contributed by atoms with Crippen molar-refractivity contribution in [3.8, 4) is 0 Å². The molecule has 20 heavy (non-hydrogen) atoms. The molecule has 1 aliphatic heterocycles. The number of non-ortho nitro benzene ring substituents is 1. The van der Waals surface area contributed by atoms with Crippen LogP contribution in [0.1, 0.15) is 19.8 Å². The largest absolute Gasteiger partial charge is 0.356 e. The van der Waals surface area contributed by atoms with E-state index in [1.54, 1.807) is 12.1 Å². The van der Waals surface area contributed by atoms with Crippen LogP contribution in [-0.2, 0) is 0 Å². The van der Waals surface area contributed by atoms with Gasteiger partial charge in [-0.25, -0.2) is 9.97 Å². The third kappa shape index (κ3) is 2.29. The van der Waals surface area contributed by atoms with Gasteiger partial charge >= 0.3 is 0 Å². The minimum atomic E-state index is -0.380. The second-order valence-electron chi connectivity index (χ2n) is 5.35. The summed E-state index contributed by atoms with van der Waals surface area (Å²) in [7, 11) is 0. The molecule has 1 aromatic carbocycles. The lowest BCUT2D eigenvalue weighted by atomic mass is 10.00. The van der Waals surface area contributed by atoms with Gasteiger partial charge in [0, 0.05) is 30.6 Å². The third-order valence-corrected chi connectivity index (χ3v) is 3.77. The number of hydrogen-bond acceptors (Lipinski definition) is 5. The van der Waals surface area contributed by atoms with E-state index in [2.05, 4.69) is 21.8 Å². The second kappa shape index (κ2) is 5.03. The number of nitro groups is 1. The average Bonchev–Trinajstić information content (AvgIpc) is 2.46. The quantitative estimate of drug-likeness (QED) is 0.621. The Hall–Kier alpha value is -2.24. The summed E-state index contributed by atoms with van der Waals surface area (Å²) < 4.78 is 0. The van der Waals surface area contributed by atoms with Gasteiger partial charge in [0.25, 0.3) is 5.69 Å². The number of rotatable bonds is 2. The standard InChI is InChI=1S/C14H16N4O2/c1-10-3-2-6-17(8-10)14-12-7-11(18(19)20)4-5-13(12)15-9-16-14/h4-5,7,9-10H,2-3,6,8H2,1H3/t10-/m0/s1. The second-order valence-corrected chi connectivity index (χ2v) is 5.35. The number of hydrogen-bond donors (Lipinski definition) is 0. The molecule has 3 rings (SSSR count).